The number of ketones is 1. The molecule has 14 heavy (non-hydrogen) atoms. The highest BCUT2D eigenvalue weighted by atomic mass is 16.5. The Hall–Kier alpha value is -1.31. The smallest absolute Gasteiger partial charge is 0.138 e. The molecule has 0 amide bonds. The molecule has 0 radical (unpaired) electrons. The van der Waals surface area contributed by atoms with E-state index in [1.54, 1.807) is 0 Å². The maximum absolute atomic E-state index is 11.3. The first-order chi connectivity index (χ1) is 6.70. The van der Waals surface area contributed by atoms with Gasteiger partial charge in [0.05, 0.1) is 6.61 Å². The molecule has 0 bridgehead atoms. The Morgan fingerprint density at radius 3 is 2.50 bits per heavy atom. The molecule has 0 saturated heterocycles. The van der Waals surface area contributed by atoms with Crippen LogP contribution in [0.2, 0.25) is 0 Å². The van der Waals surface area contributed by atoms with Crippen molar-refractivity contribution in [1.29, 1.82) is 0 Å². The van der Waals surface area contributed by atoms with Gasteiger partial charge >= 0.3 is 0 Å². The molecule has 0 aliphatic rings. The standard InChI is InChI=1S/C12H16O2/c1-10(2)12(13)8-9-14-11-6-4-3-5-7-11/h3-7,10H,8-9H2,1-2H3. The largest absolute Gasteiger partial charge is 0.493 e. The van der Waals surface area contributed by atoms with Gasteiger partial charge in [-0.2, -0.15) is 0 Å². The number of carbonyl (C=O) groups is 1. The summed E-state index contributed by atoms with van der Waals surface area (Å²) in [6.07, 6.45) is 0.493. The van der Waals surface area contributed by atoms with Crippen LogP contribution in [0.4, 0.5) is 0 Å². The summed E-state index contributed by atoms with van der Waals surface area (Å²) < 4.78 is 5.41. The highest BCUT2D eigenvalue weighted by molar-refractivity contribution is 5.80. The lowest BCUT2D eigenvalue weighted by Crippen LogP contribution is -2.11. The van der Waals surface area contributed by atoms with Crippen molar-refractivity contribution in [2.45, 2.75) is 20.3 Å². The van der Waals surface area contributed by atoms with Crippen molar-refractivity contribution < 1.29 is 9.53 Å². The molecular weight excluding hydrogens is 176 g/mol. The second-order valence-corrected chi connectivity index (χ2v) is 3.53. The van der Waals surface area contributed by atoms with E-state index in [0.29, 0.717) is 13.0 Å². The molecular formula is C12H16O2. The summed E-state index contributed by atoms with van der Waals surface area (Å²) >= 11 is 0. The minimum absolute atomic E-state index is 0.106. The number of para-hydroxylation sites is 1. The molecule has 0 saturated carbocycles. The van der Waals surface area contributed by atoms with E-state index in [-0.39, 0.29) is 11.7 Å². The molecule has 0 atom stereocenters. The van der Waals surface area contributed by atoms with Crippen molar-refractivity contribution in [2.24, 2.45) is 5.92 Å². The van der Waals surface area contributed by atoms with Crippen LogP contribution < -0.4 is 4.74 Å². The zero-order valence-electron chi connectivity index (χ0n) is 8.69. The SMILES string of the molecule is CC(C)C(=O)CCOc1ccccc1. The Labute approximate surface area is 84.9 Å². The third-order valence-corrected chi connectivity index (χ3v) is 2.00. The number of ether oxygens (including phenoxy) is 1. The van der Waals surface area contributed by atoms with E-state index < -0.39 is 0 Å². The summed E-state index contributed by atoms with van der Waals surface area (Å²) in [6, 6.07) is 9.55. The van der Waals surface area contributed by atoms with Gasteiger partial charge in [-0.05, 0) is 12.1 Å². The molecule has 0 aliphatic carbocycles. The van der Waals surface area contributed by atoms with Gasteiger partial charge in [0, 0.05) is 12.3 Å². The molecule has 1 aromatic rings. The Morgan fingerprint density at radius 1 is 1.29 bits per heavy atom. The molecule has 76 valence electrons. The molecule has 0 heterocycles. The van der Waals surface area contributed by atoms with E-state index in [1.165, 1.54) is 0 Å². The first kappa shape index (κ1) is 10.8. The number of hydrogen-bond donors (Lipinski definition) is 0. The van der Waals surface area contributed by atoms with Crippen molar-refractivity contribution in [2.75, 3.05) is 6.61 Å². The predicted octanol–water partition coefficient (Wildman–Crippen LogP) is 2.68. The topological polar surface area (TPSA) is 26.3 Å². The lowest BCUT2D eigenvalue weighted by Gasteiger charge is -2.06. The summed E-state index contributed by atoms with van der Waals surface area (Å²) in [5, 5.41) is 0. The van der Waals surface area contributed by atoms with Crippen molar-refractivity contribution in [3.05, 3.63) is 30.3 Å². The molecule has 0 unspecified atom stereocenters. The van der Waals surface area contributed by atoms with Crippen LogP contribution in [0.1, 0.15) is 20.3 Å². The summed E-state index contributed by atoms with van der Waals surface area (Å²) in [7, 11) is 0. The molecule has 0 aliphatic heterocycles. The summed E-state index contributed by atoms with van der Waals surface area (Å²) in [5.41, 5.74) is 0. The molecule has 0 spiro atoms. The number of carbonyl (C=O) groups excluding carboxylic acids is 1. The number of rotatable bonds is 5. The van der Waals surface area contributed by atoms with Crippen LogP contribution in [0.25, 0.3) is 0 Å². The van der Waals surface area contributed by atoms with E-state index >= 15 is 0 Å². The number of Topliss-reactive ketones (excluding diaryl/α,β-unsaturated/α-hetero) is 1. The van der Waals surface area contributed by atoms with Crippen LogP contribution in [0, 0.1) is 5.92 Å². The molecule has 0 N–H and O–H groups in total. The van der Waals surface area contributed by atoms with Gasteiger partial charge in [0.1, 0.15) is 11.5 Å². The lowest BCUT2D eigenvalue weighted by molar-refractivity contribution is -0.122. The van der Waals surface area contributed by atoms with Crippen LogP contribution in [0.15, 0.2) is 30.3 Å². The quantitative estimate of drug-likeness (QED) is 0.717. The maximum atomic E-state index is 11.3. The van der Waals surface area contributed by atoms with Gasteiger partial charge in [-0.3, -0.25) is 4.79 Å². The van der Waals surface area contributed by atoms with E-state index in [0.717, 1.165) is 5.75 Å². The van der Waals surface area contributed by atoms with Crippen LogP contribution in [-0.4, -0.2) is 12.4 Å². The van der Waals surface area contributed by atoms with E-state index in [4.69, 9.17) is 4.74 Å². The average Bonchev–Trinajstić information content (AvgIpc) is 2.19. The Kier molecular flexibility index (Phi) is 4.17. The maximum Gasteiger partial charge on any atom is 0.138 e. The van der Waals surface area contributed by atoms with Crippen LogP contribution in [0.5, 0.6) is 5.75 Å². The fourth-order valence-electron chi connectivity index (χ4n) is 1.07. The van der Waals surface area contributed by atoms with Crippen molar-refractivity contribution in [3.8, 4) is 5.75 Å². The first-order valence-electron chi connectivity index (χ1n) is 4.90. The van der Waals surface area contributed by atoms with Gasteiger partial charge in [-0.15, -0.1) is 0 Å². The Balaban J connectivity index is 2.26. The Bertz CT molecular complexity index is 278. The molecule has 0 aromatic heterocycles. The van der Waals surface area contributed by atoms with Crippen molar-refractivity contribution in [3.63, 3.8) is 0 Å². The summed E-state index contributed by atoms with van der Waals surface area (Å²) in [4.78, 5) is 11.3. The van der Waals surface area contributed by atoms with Crippen LogP contribution in [-0.2, 0) is 4.79 Å². The third-order valence-electron chi connectivity index (χ3n) is 2.00. The highest BCUT2D eigenvalue weighted by Gasteiger charge is 2.06. The van der Waals surface area contributed by atoms with Crippen molar-refractivity contribution >= 4 is 5.78 Å². The van der Waals surface area contributed by atoms with E-state index in [9.17, 15) is 4.79 Å². The van der Waals surface area contributed by atoms with Gasteiger partial charge in [0.15, 0.2) is 0 Å². The zero-order chi connectivity index (χ0) is 10.4. The summed E-state index contributed by atoms with van der Waals surface area (Å²) in [6.45, 7) is 4.29. The minimum atomic E-state index is 0.106. The van der Waals surface area contributed by atoms with Gasteiger partial charge < -0.3 is 4.74 Å². The second kappa shape index (κ2) is 5.43. The minimum Gasteiger partial charge on any atom is -0.493 e. The van der Waals surface area contributed by atoms with Gasteiger partial charge in [-0.25, -0.2) is 0 Å². The molecule has 0 fully saturated rings. The van der Waals surface area contributed by atoms with E-state index in [2.05, 4.69) is 0 Å². The molecule has 2 nitrogen and oxygen atoms in total. The summed E-state index contributed by atoms with van der Waals surface area (Å²) in [5.74, 6) is 1.18. The molecule has 1 rings (SSSR count). The lowest BCUT2D eigenvalue weighted by atomic mass is 10.1. The van der Waals surface area contributed by atoms with Gasteiger partial charge in [-0.1, -0.05) is 32.0 Å². The van der Waals surface area contributed by atoms with Gasteiger partial charge in [0.2, 0.25) is 0 Å². The second-order valence-electron chi connectivity index (χ2n) is 3.53. The fourth-order valence-corrected chi connectivity index (χ4v) is 1.07. The fraction of sp³-hybridized carbons (Fsp3) is 0.417. The Morgan fingerprint density at radius 2 is 1.93 bits per heavy atom. The van der Waals surface area contributed by atoms with Crippen LogP contribution in [0.3, 0.4) is 0 Å². The van der Waals surface area contributed by atoms with Crippen LogP contribution >= 0.6 is 0 Å². The zero-order valence-corrected chi connectivity index (χ0v) is 8.69. The van der Waals surface area contributed by atoms with E-state index in [1.807, 2.05) is 44.2 Å². The number of hydrogen-bond acceptors (Lipinski definition) is 2. The van der Waals surface area contributed by atoms with Crippen molar-refractivity contribution in [1.82, 2.24) is 0 Å². The molecule has 1 aromatic carbocycles. The van der Waals surface area contributed by atoms with Gasteiger partial charge in [0.25, 0.3) is 0 Å². The normalized spacial score (nSPS) is 10.2. The highest BCUT2D eigenvalue weighted by Crippen LogP contribution is 2.09. The molecule has 2 heteroatoms. The third kappa shape index (κ3) is 3.60. The monoisotopic (exact) mass is 192 g/mol. The number of benzene rings is 1. The predicted molar refractivity (Wildman–Crippen MR) is 56.4 cm³/mol. The first-order valence-corrected chi connectivity index (χ1v) is 4.90. The average molecular weight is 192 g/mol.